The Balaban J connectivity index is 2.59. The number of rotatable bonds is 6. The van der Waals surface area contributed by atoms with Gasteiger partial charge in [-0.2, -0.15) is 0 Å². The highest BCUT2D eigenvalue weighted by molar-refractivity contribution is 9.10. The van der Waals surface area contributed by atoms with E-state index in [0.717, 1.165) is 4.47 Å². The zero-order valence-electron chi connectivity index (χ0n) is 12.1. The van der Waals surface area contributed by atoms with Crippen LogP contribution in [-0.2, 0) is 4.79 Å². The Hall–Kier alpha value is -1.76. The number of urea groups is 1. The SMILES string of the molecule is COc1cc(NC(=O)NCC(C(=O)O)C(C)C)ccc1Br. The lowest BCUT2D eigenvalue weighted by Gasteiger charge is -2.17. The molecule has 0 fully saturated rings. The molecule has 2 amide bonds. The van der Waals surface area contributed by atoms with Gasteiger partial charge < -0.3 is 20.5 Å². The highest BCUT2D eigenvalue weighted by atomic mass is 79.9. The average Bonchev–Trinajstić information content (AvgIpc) is 2.40. The van der Waals surface area contributed by atoms with Crippen LogP contribution in [0.1, 0.15) is 13.8 Å². The molecule has 6 nitrogen and oxygen atoms in total. The minimum absolute atomic E-state index is 0.0597. The van der Waals surface area contributed by atoms with Gasteiger partial charge in [-0.15, -0.1) is 0 Å². The van der Waals surface area contributed by atoms with E-state index in [0.29, 0.717) is 11.4 Å². The van der Waals surface area contributed by atoms with Crippen molar-refractivity contribution in [2.45, 2.75) is 13.8 Å². The number of halogens is 1. The van der Waals surface area contributed by atoms with Crippen molar-refractivity contribution in [2.24, 2.45) is 11.8 Å². The lowest BCUT2D eigenvalue weighted by atomic mass is 9.96. The van der Waals surface area contributed by atoms with Gasteiger partial charge in [0.15, 0.2) is 0 Å². The van der Waals surface area contributed by atoms with Gasteiger partial charge in [0.2, 0.25) is 0 Å². The third-order valence-corrected chi connectivity index (χ3v) is 3.67. The standard InChI is InChI=1S/C14H19BrN2O4/c1-8(2)10(13(18)19)7-16-14(20)17-9-4-5-11(15)12(6-9)21-3/h4-6,8,10H,7H2,1-3H3,(H,18,19)(H2,16,17,20). The molecule has 1 aromatic carbocycles. The van der Waals surface area contributed by atoms with Crippen LogP contribution in [0, 0.1) is 11.8 Å². The minimum Gasteiger partial charge on any atom is -0.495 e. The molecule has 0 bridgehead atoms. The number of hydrogen-bond acceptors (Lipinski definition) is 3. The Morgan fingerprint density at radius 3 is 2.57 bits per heavy atom. The molecule has 0 aromatic heterocycles. The number of carbonyl (C=O) groups is 2. The summed E-state index contributed by atoms with van der Waals surface area (Å²) in [7, 11) is 1.53. The molecule has 1 aromatic rings. The van der Waals surface area contributed by atoms with Crippen LogP contribution < -0.4 is 15.4 Å². The topological polar surface area (TPSA) is 87.7 Å². The Bertz CT molecular complexity index is 520. The molecule has 116 valence electrons. The number of carbonyl (C=O) groups excluding carboxylic acids is 1. The molecule has 1 rings (SSSR count). The van der Waals surface area contributed by atoms with Crippen molar-refractivity contribution in [3.05, 3.63) is 22.7 Å². The summed E-state index contributed by atoms with van der Waals surface area (Å²) in [6, 6.07) is 4.68. The number of carboxylic acids is 1. The molecule has 0 aliphatic carbocycles. The number of amides is 2. The average molecular weight is 359 g/mol. The van der Waals surface area contributed by atoms with Crippen molar-refractivity contribution in [1.29, 1.82) is 0 Å². The Labute approximate surface area is 132 Å². The predicted molar refractivity (Wildman–Crippen MR) is 83.7 cm³/mol. The summed E-state index contributed by atoms with van der Waals surface area (Å²) in [5.41, 5.74) is 0.559. The van der Waals surface area contributed by atoms with Gasteiger partial charge in [-0.1, -0.05) is 13.8 Å². The van der Waals surface area contributed by atoms with E-state index in [9.17, 15) is 9.59 Å². The first-order valence-corrected chi connectivity index (χ1v) is 7.25. The Morgan fingerprint density at radius 1 is 1.38 bits per heavy atom. The number of ether oxygens (including phenoxy) is 1. The van der Waals surface area contributed by atoms with Crippen molar-refractivity contribution in [2.75, 3.05) is 19.0 Å². The van der Waals surface area contributed by atoms with E-state index in [2.05, 4.69) is 26.6 Å². The second-order valence-electron chi connectivity index (χ2n) is 4.87. The third-order valence-electron chi connectivity index (χ3n) is 3.01. The molecule has 0 radical (unpaired) electrons. The van der Waals surface area contributed by atoms with E-state index in [4.69, 9.17) is 9.84 Å². The molecule has 0 spiro atoms. The molecule has 7 heteroatoms. The minimum atomic E-state index is -0.921. The van der Waals surface area contributed by atoms with Gasteiger partial charge in [0.1, 0.15) is 5.75 Å². The summed E-state index contributed by atoms with van der Waals surface area (Å²) < 4.78 is 5.91. The van der Waals surface area contributed by atoms with Crippen LogP contribution in [0.5, 0.6) is 5.75 Å². The van der Waals surface area contributed by atoms with E-state index < -0.39 is 17.9 Å². The summed E-state index contributed by atoms with van der Waals surface area (Å²) in [5, 5.41) is 14.2. The molecular formula is C14H19BrN2O4. The zero-order chi connectivity index (χ0) is 16.0. The molecule has 0 saturated carbocycles. The number of methoxy groups -OCH3 is 1. The van der Waals surface area contributed by atoms with Gasteiger partial charge >= 0.3 is 12.0 Å². The number of benzene rings is 1. The predicted octanol–water partition coefficient (Wildman–Crippen LogP) is 2.94. The van der Waals surface area contributed by atoms with Crippen molar-refractivity contribution >= 4 is 33.6 Å². The van der Waals surface area contributed by atoms with Gasteiger partial charge in [0.25, 0.3) is 0 Å². The van der Waals surface area contributed by atoms with Crippen LogP contribution in [0.25, 0.3) is 0 Å². The lowest BCUT2D eigenvalue weighted by Crippen LogP contribution is -2.37. The summed E-state index contributed by atoms with van der Waals surface area (Å²) >= 11 is 3.32. The normalized spacial score (nSPS) is 11.9. The van der Waals surface area contributed by atoms with E-state index in [-0.39, 0.29) is 12.5 Å². The maximum Gasteiger partial charge on any atom is 0.319 e. The van der Waals surface area contributed by atoms with Crippen LogP contribution in [0.3, 0.4) is 0 Å². The monoisotopic (exact) mass is 358 g/mol. The van der Waals surface area contributed by atoms with Gasteiger partial charge in [0, 0.05) is 18.3 Å². The highest BCUT2D eigenvalue weighted by Gasteiger charge is 2.21. The van der Waals surface area contributed by atoms with Crippen LogP contribution in [0.15, 0.2) is 22.7 Å². The maximum absolute atomic E-state index is 11.8. The Morgan fingerprint density at radius 2 is 2.05 bits per heavy atom. The van der Waals surface area contributed by atoms with Gasteiger partial charge in [-0.25, -0.2) is 4.79 Å². The van der Waals surface area contributed by atoms with Gasteiger partial charge in [-0.3, -0.25) is 4.79 Å². The third kappa shape index (κ3) is 5.26. The quantitative estimate of drug-likeness (QED) is 0.729. The Kier molecular flexibility index (Phi) is 6.48. The van der Waals surface area contributed by atoms with Crippen LogP contribution >= 0.6 is 15.9 Å². The molecule has 3 N–H and O–H groups in total. The summed E-state index contributed by atoms with van der Waals surface area (Å²) in [6.07, 6.45) is 0. The van der Waals surface area contributed by atoms with E-state index >= 15 is 0 Å². The summed E-state index contributed by atoms with van der Waals surface area (Å²) in [4.78, 5) is 22.8. The number of hydrogen-bond donors (Lipinski definition) is 3. The number of carboxylic acid groups (broad SMARTS) is 1. The second-order valence-corrected chi connectivity index (χ2v) is 5.73. The fourth-order valence-corrected chi connectivity index (χ4v) is 2.13. The molecule has 1 unspecified atom stereocenters. The molecular weight excluding hydrogens is 340 g/mol. The van der Waals surface area contributed by atoms with Crippen molar-refractivity contribution in [1.82, 2.24) is 5.32 Å². The van der Waals surface area contributed by atoms with Gasteiger partial charge in [-0.05, 0) is 34.0 Å². The smallest absolute Gasteiger partial charge is 0.319 e. The molecule has 0 aliphatic rings. The first-order chi connectivity index (χ1) is 9.85. The van der Waals surface area contributed by atoms with Crippen LogP contribution in [0.4, 0.5) is 10.5 Å². The first kappa shape index (κ1) is 17.3. The molecule has 1 atom stereocenters. The highest BCUT2D eigenvalue weighted by Crippen LogP contribution is 2.27. The largest absolute Gasteiger partial charge is 0.495 e. The summed E-state index contributed by atoms with van der Waals surface area (Å²) in [6.45, 7) is 3.68. The zero-order valence-corrected chi connectivity index (χ0v) is 13.7. The second kappa shape index (κ2) is 7.87. The van der Waals surface area contributed by atoms with E-state index in [1.807, 2.05) is 0 Å². The lowest BCUT2D eigenvalue weighted by molar-refractivity contribution is -0.142. The molecule has 0 heterocycles. The fraction of sp³-hybridized carbons (Fsp3) is 0.429. The van der Waals surface area contributed by atoms with E-state index in [1.165, 1.54) is 7.11 Å². The van der Waals surface area contributed by atoms with Gasteiger partial charge in [0.05, 0.1) is 17.5 Å². The summed E-state index contributed by atoms with van der Waals surface area (Å²) in [5.74, 6) is -1.00. The van der Waals surface area contributed by atoms with Crippen LogP contribution in [-0.4, -0.2) is 30.8 Å². The number of nitrogens with one attached hydrogen (secondary N) is 2. The number of aliphatic carboxylic acids is 1. The van der Waals surface area contributed by atoms with Crippen molar-refractivity contribution in [3.8, 4) is 5.75 Å². The fourth-order valence-electron chi connectivity index (χ4n) is 1.72. The van der Waals surface area contributed by atoms with E-state index in [1.54, 1.807) is 32.0 Å². The van der Waals surface area contributed by atoms with Crippen LogP contribution in [0.2, 0.25) is 0 Å². The molecule has 21 heavy (non-hydrogen) atoms. The maximum atomic E-state index is 11.8. The number of anilines is 1. The first-order valence-electron chi connectivity index (χ1n) is 6.46. The molecule has 0 aliphatic heterocycles. The van der Waals surface area contributed by atoms with Crippen molar-refractivity contribution < 1.29 is 19.4 Å². The van der Waals surface area contributed by atoms with Crippen molar-refractivity contribution in [3.63, 3.8) is 0 Å². The molecule has 0 saturated heterocycles.